The lowest BCUT2D eigenvalue weighted by Crippen LogP contribution is -2.41. The molecule has 1 amide bonds. The Morgan fingerprint density at radius 2 is 1.82 bits per heavy atom. The Kier molecular flexibility index (Phi) is 4.14. The topological polar surface area (TPSA) is 29.5 Å². The zero-order chi connectivity index (χ0) is 15.5. The van der Waals surface area contributed by atoms with Crippen LogP contribution in [-0.2, 0) is 4.79 Å². The van der Waals surface area contributed by atoms with Gasteiger partial charge in [-0.1, -0.05) is 56.3 Å². The summed E-state index contributed by atoms with van der Waals surface area (Å²) in [6.07, 6.45) is 0.539. The monoisotopic (exact) mass is 295 g/mol. The smallest absolute Gasteiger partial charge is 0.228 e. The quantitative estimate of drug-likeness (QED) is 0.849. The highest BCUT2D eigenvalue weighted by atomic mass is 16.5. The molecule has 0 aromatic heterocycles. The highest BCUT2D eigenvalue weighted by molar-refractivity contribution is 5.96. The summed E-state index contributed by atoms with van der Waals surface area (Å²) in [6, 6.07) is 17.8. The number of hydrogen-bond acceptors (Lipinski definition) is 2. The van der Waals surface area contributed by atoms with Crippen molar-refractivity contribution in [3.05, 3.63) is 60.2 Å². The molecule has 0 saturated heterocycles. The highest BCUT2D eigenvalue weighted by Crippen LogP contribution is 2.39. The van der Waals surface area contributed by atoms with Crippen LogP contribution in [0.3, 0.4) is 0 Å². The van der Waals surface area contributed by atoms with Crippen molar-refractivity contribution >= 4 is 11.6 Å². The fraction of sp³-hybridized carbons (Fsp3) is 0.316. The summed E-state index contributed by atoms with van der Waals surface area (Å²) < 4.78 is 5.88. The van der Waals surface area contributed by atoms with Crippen LogP contribution in [0.2, 0.25) is 0 Å². The molecule has 3 heteroatoms. The normalized spacial score (nSPS) is 17.0. The van der Waals surface area contributed by atoms with E-state index >= 15 is 0 Å². The van der Waals surface area contributed by atoms with Gasteiger partial charge in [-0.3, -0.25) is 9.69 Å². The Labute approximate surface area is 131 Å². The number of carbonyl (C=O) groups is 1. The van der Waals surface area contributed by atoms with Crippen LogP contribution in [0.5, 0.6) is 5.75 Å². The lowest BCUT2D eigenvalue weighted by Gasteiger charge is -2.37. The molecule has 114 valence electrons. The first kappa shape index (κ1) is 14.6. The first-order valence-electron chi connectivity index (χ1n) is 7.75. The van der Waals surface area contributed by atoms with E-state index in [4.69, 9.17) is 4.74 Å². The lowest BCUT2D eigenvalue weighted by atomic mass is 10.0. The van der Waals surface area contributed by atoms with E-state index < -0.39 is 0 Å². The number of amides is 1. The van der Waals surface area contributed by atoms with Crippen LogP contribution in [0.15, 0.2) is 54.6 Å². The fourth-order valence-electron chi connectivity index (χ4n) is 2.87. The summed E-state index contributed by atoms with van der Waals surface area (Å²) in [5.74, 6) is 1.27. The highest BCUT2D eigenvalue weighted by Gasteiger charge is 2.33. The maximum absolute atomic E-state index is 12.8. The van der Waals surface area contributed by atoms with E-state index in [0.717, 1.165) is 17.0 Å². The van der Waals surface area contributed by atoms with E-state index in [1.807, 2.05) is 47.4 Å². The van der Waals surface area contributed by atoms with Gasteiger partial charge in [0.1, 0.15) is 12.4 Å². The number of anilines is 1. The molecule has 0 fully saturated rings. The molecule has 0 aliphatic carbocycles. The maximum atomic E-state index is 12.8. The zero-order valence-corrected chi connectivity index (χ0v) is 13.0. The van der Waals surface area contributed by atoms with Crippen LogP contribution >= 0.6 is 0 Å². The largest absolute Gasteiger partial charge is 0.489 e. The molecule has 1 heterocycles. The van der Waals surface area contributed by atoms with E-state index in [2.05, 4.69) is 26.0 Å². The van der Waals surface area contributed by atoms with E-state index in [-0.39, 0.29) is 11.9 Å². The summed E-state index contributed by atoms with van der Waals surface area (Å²) in [5.41, 5.74) is 1.97. The first-order chi connectivity index (χ1) is 10.7. The van der Waals surface area contributed by atoms with Crippen molar-refractivity contribution in [3.63, 3.8) is 0 Å². The average Bonchev–Trinajstić information content (AvgIpc) is 2.54. The Balaban J connectivity index is 2.01. The minimum absolute atomic E-state index is 0.0673. The van der Waals surface area contributed by atoms with Gasteiger partial charge in [-0.05, 0) is 23.6 Å². The Morgan fingerprint density at radius 3 is 2.55 bits per heavy atom. The molecule has 1 atom stereocenters. The lowest BCUT2D eigenvalue weighted by molar-refractivity contribution is -0.120. The summed E-state index contributed by atoms with van der Waals surface area (Å²) in [6.45, 7) is 4.63. The van der Waals surface area contributed by atoms with Crippen LogP contribution in [0.25, 0.3) is 0 Å². The minimum atomic E-state index is -0.0673. The van der Waals surface area contributed by atoms with Crippen molar-refractivity contribution in [2.75, 3.05) is 11.5 Å². The molecule has 0 radical (unpaired) electrons. The van der Waals surface area contributed by atoms with Crippen molar-refractivity contribution in [3.8, 4) is 5.75 Å². The van der Waals surface area contributed by atoms with Crippen molar-refractivity contribution in [2.24, 2.45) is 5.92 Å². The second-order valence-electron chi connectivity index (χ2n) is 6.07. The van der Waals surface area contributed by atoms with Gasteiger partial charge in [0, 0.05) is 6.42 Å². The SMILES string of the molecule is CC(C)CC(=O)N1c2ccccc2OC[C@@H]1c1ccccc1. The predicted molar refractivity (Wildman–Crippen MR) is 88.1 cm³/mol. The first-order valence-corrected chi connectivity index (χ1v) is 7.75. The van der Waals surface area contributed by atoms with Crippen LogP contribution in [-0.4, -0.2) is 12.5 Å². The van der Waals surface area contributed by atoms with Crippen LogP contribution in [0.1, 0.15) is 31.9 Å². The van der Waals surface area contributed by atoms with E-state index in [9.17, 15) is 4.79 Å². The Bertz CT molecular complexity index is 651. The van der Waals surface area contributed by atoms with Gasteiger partial charge < -0.3 is 4.74 Å². The van der Waals surface area contributed by atoms with Crippen molar-refractivity contribution < 1.29 is 9.53 Å². The van der Waals surface area contributed by atoms with Gasteiger partial charge in [0.05, 0.1) is 11.7 Å². The Morgan fingerprint density at radius 1 is 1.14 bits per heavy atom. The number of fused-ring (bicyclic) bond motifs is 1. The Hall–Kier alpha value is -2.29. The molecule has 0 N–H and O–H groups in total. The van der Waals surface area contributed by atoms with Gasteiger partial charge in [0.2, 0.25) is 5.91 Å². The minimum Gasteiger partial charge on any atom is -0.489 e. The number of para-hydroxylation sites is 2. The number of carbonyl (C=O) groups excluding carboxylic acids is 1. The molecule has 3 rings (SSSR count). The molecule has 2 aromatic carbocycles. The second-order valence-corrected chi connectivity index (χ2v) is 6.07. The third-order valence-corrected chi connectivity index (χ3v) is 3.87. The average molecular weight is 295 g/mol. The number of benzene rings is 2. The molecular weight excluding hydrogens is 274 g/mol. The van der Waals surface area contributed by atoms with Gasteiger partial charge in [0.15, 0.2) is 0 Å². The summed E-state index contributed by atoms with van der Waals surface area (Å²) in [4.78, 5) is 14.7. The number of ether oxygens (including phenoxy) is 1. The van der Waals surface area contributed by atoms with Crippen molar-refractivity contribution in [1.29, 1.82) is 0 Å². The molecule has 0 saturated carbocycles. The molecule has 0 spiro atoms. The van der Waals surface area contributed by atoms with Crippen LogP contribution in [0.4, 0.5) is 5.69 Å². The zero-order valence-electron chi connectivity index (χ0n) is 13.0. The van der Waals surface area contributed by atoms with Gasteiger partial charge in [-0.25, -0.2) is 0 Å². The van der Waals surface area contributed by atoms with Gasteiger partial charge in [-0.15, -0.1) is 0 Å². The van der Waals surface area contributed by atoms with E-state index in [0.29, 0.717) is 18.9 Å². The van der Waals surface area contributed by atoms with Crippen molar-refractivity contribution in [2.45, 2.75) is 26.3 Å². The van der Waals surface area contributed by atoms with Crippen LogP contribution < -0.4 is 9.64 Å². The molecule has 0 unspecified atom stereocenters. The fourth-order valence-corrected chi connectivity index (χ4v) is 2.87. The third-order valence-electron chi connectivity index (χ3n) is 3.87. The van der Waals surface area contributed by atoms with Gasteiger partial charge in [-0.2, -0.15) is 0 Å². The maximum Gasteiger partial charge on any atom is 0.228 e. The standard InChI is InChI=1S/C19H21NO2/c1-14(2)12-19(21)20-16-10-6-7-11-18(16)22-13-17(20)15-8-4-3-5-9-15/h3-11,14,17H,12-13H2,1-2H3/t17-/m1/s1. The molecule has 3 nitrogen and oxygen atoms in total. The molecule has 2 aromatic rings. The summed E-state index contributed by atoms with van der Waals surface area (Å²) >= 11 is 0. The van der Waals surface area contributed by atoms with Gasteiger partial charge in [0.25, 0.3) is 0 Å². The molecule has 22 heavy (non-hydrogen) atoms. The van der Waals surface area contributed by atoms with Gasteiger partial charge >= 0.3 is 0 Å². The third kappa shape index (κ3) is 2.84. The number of rotatable bonds is 3. The van der Waals surface area contributed by atoms with E-state index in [1.165, 1.54) is 0 Å². The van der Waals surface area contributed by atoms with Crippen molar-refractivity contribution in [1.82, 2.24) is 0 Å². The second kappa shape index (κ2) is 6.22. The number of nitrogens with zero attached hydrogens (tertiary/aromatic N) is 1. The molecule has 1 aliphatic heterocycles. The summed E-state index contributed by atoms with van der Waals surface area (Å²) in [7, 11) is 0. The molecular formula is C19H21NO2. The number of hydrogen-bond donors (Lipinski definition) is 0. The summed E-state index contributed by atoms with van der Waals surface area (Å²) in [5, 5.41) is 0. The van der Waals surface area contributed by atoms with Crippen LogP contribution in [0, 0.1) is 5.92 Å². The molecule has 1 aliphatic rings. The molecule has 0 bridgehead atoms. The van der Waals surface area contributed by atoms with E-state index in [1.54, 1.807) is 0 Å². The predicted octanol–water partition coefficient (Wildman–Crippen LogP) is 4.20.